The lowest BCUT2D eigenvalue weighted by molar-refractivity contribution is -0.139. The largest absolute Gasteiger partial charge is 0.379 e. The Hall–Kier alpha value is -2.34. The molecular formula is C18H31N3O8. The first-order valence-electron chi connectivity index (χ1n) is 9.25. The number of hydrogen-bond acceptors (Lipinski definition) is 8. The Kier molecular flexibility index (Phi) is 17.5. The Labute approximate surface area is 170 Å². The van der Waals surface area contributed by atoms with Crippen LogP contribution in [-0.4, -0.2) is 95.0 Å². The molecule has 0 saturated carbocycles. The minimum absolute atomic E-state index is 0.195. The summed E-state index contributed by atoms with van der Waals surface area (Å²) in [6.07, 6.45) is 3.20. The third kappa shape index (κ3) is 17.5. The zero-order chi connectivity index (χ0) is 21.7. The monoisotopic (exact) mass is 417 g/mol. The Balaban J connectivity index is 3.42. The van der Waals surface area contributed by atoms with Crippen molar-refractivity contribution in [3.05, 3.63) is 12.2 Å². The fraction of sp³-hybridized carbons (Fsp3) is 0.667. The van der Waals surface area contributed by atoms with Crippen LogP contribution in [0.4, 0.5) is 0 Å². The molecular weight excluding hydrogens is 386 g/mol. The standard InChI is InChI=1S/C18H31N3O8/c1-2-3-18(25)21(15-22)14-17(24)20-5-7-27-9-11-29-13-12-28-10-8-26-6-4-16(19)23/h2-3,15H,4-14H2,1H3,(H2,19,23)(H,20,24)/b3-2-. The van der Waals surface area contributed by atoms with Crippen LogP contribution >= 0.6 is 0 Å². The Morgan fingerprint density at radius 3 is 1.90 bits per heavy atom. The highest BCUT2D eigenvalue weighted by Gasteiger charge is 2.13. The van der Waals surface area contributed by atoms with Crippen molar-refractivity contribution in [1.82, 2.24) is 10.2 Å². The fourth-order valence-corrected chi connectivity index (χ4v) is 1.81. The molecule has 29 heavy (non-hydrogen) atoms. The van der Waals surface area contributed by atoms with Crippen LogP contribution in [0.15, 0.2) is 12.2 Å². The first kappa shape index (κ1) is 26.7. The molecule has 0 aromatic heterocycles. The van der Waals surface area contributed by atoms with E-state index < -0.39 is 17.7 Å². The number of hydrogen-bond donors (Lipinski definition) is 2. The highest BCUT2D eigenvalue weighted by molar-refractivity contribution is 5.97. The Bertz CT molecular complexity index is 513. The van der Waals surface area contributed by atoms with Crippen LogP contribution in [0.5, 0.6) is 0 Å². The van der Waals surface area contributed by atoms with Gasteiger partial charge in [-0.2, -0.15) is 0 Å². The lowest BCUT2D eigenvalue weighted by Gasteiger charge is -2.13. The summed E-state index contributed by atoms with van der Waals surface area (Å²) >= 11 is 0. The van der Waals surface area contributed by atoms with Crippen molar-refractivity contribution in [1.29, 1.82) is 0 Å². The number of carbonyl (C=O) groups excluding carboxylic acids is 4. The molecule has 0 fully saturated rings. The van der Waals surface area contributed by atoms with E-state index in [1.165, 1.54) is 12.2 Å². The average molecular weight is 417 g/mol. The summed E-state index contributed by atoms with van der Waals surface area (Å²) < 4.78 is 21.0. The smallest absolute Gasteiger partial charge is 0.253 e. The highest BCUT2D eigenvalue weighted by Crippen LogP contribution is 1.88. The predicted octanol–water partition coefficient (Wildman–Crippen LogP) is -1.39. The van der Waals surface area contributed by atoms with Gasteiger partial charge < -0.3 is 30.0 Å². The topological polar surface area (TPSA) is 146 Å². The molecule has 166 valence electrons. The van der Waals surface area contributed by atoms with Crippen LogP contribution in [-0.2, 0) is 38.1 Å². The molecule has 0 aromatic rings. The Morgan fingerprint density at radius 2 is 1.41 bits per heavy atom. The number of allylic oxidation sites excluding steroid dienone is 1. The minimum Gasteiger partial charge on any atom is -0.379 e. The number of primary amides is 1. The van der Waals surface area contributed by atoms with Crippen molar-refractivity contribution < 1.29 is 38.1 Å². The summed E-state index contributed by atoms with van der Waals surface area (Å²) in [5.74, 6) is -1.40. The van der Waals surface area contributed by atoms with Crippen molar-refractivity contribution in [2.24, 2.45) is 5.73 Å². The van der Waals surface area contributed by atoms with Gasteiger partial charge in [0.05, 0.1) is 52.9 Å². The second-order valence-corrected chi connectivity index (χ2v) is 5.59. The van der Waals surface area contributed by atoms with E-state index in [1.54, 1.807) is 6.92 Å². The van der Waals surface area contributed by atoms with Crippen LogP contribution in [0.1, 0.15) is 13.3 Å². The SMILES string of the molecule is C/C=C\C(=O)N(C=O)CC(=O)NCCOCCOCCOCCOCCC(N)=O. The first-order valence-corrected chi connectivity index (χ1v) is 9.25. The van der Waals surface area contributed by atoms with Gasteiger partial charge in [-0.1, -0.05) is 6.08 Å². The van der Waals surface area contributed by atoms with Crippen LogP contribution < -0.4 is 11.1 Å². The number of nitrogens with zero attached hydrogens (tertiary/aromatic N) is 1. The van der Waals surface area contributed by atoms with E-state index in [2.05, 4.69) is 5.32 Å². The molecule has 0 bridgehead atoms. The number of rotatable bonds is 19. The summed E-state index contributed by atoms with van der Waals surface area (Å²) in [6, 6.07) is 0. The number of carbonyl (C=O) groups is 4. The van der Waals surface area contributed by atoms with E-state index in [9.17, 15) is 19.2 Å². The van der Waals surface area contributed by atoms with Crippen molar-refractivity contribution >= 4 is 24.1 Å². The second-order valence-electron chi connectivity index (χ2n) is 5.59. The number of nitrogens with one attached hydrogen (secondary N) is 1. The molecule has 4 amide bonds. The predicted molar refractivity (Wildman–Crippen MR) is 103 cm³/mol. The maximum absolute atomic E-state index is 11.7. The molecule has 3 N–H and O–H groups in total. The van der Waals surface area contributed by atoms with Gasteiger partial charge >= 0.3 is 0 Å². The van der Waals surface area contributed by atoms with E-state index in [-0.39, 0.29) is 32.7 Å². The van der Waals surface area contributed by atoms with Crippen molar-refractivity contribution in [3.63, 3.8) is 0 Å². The molecule has 0 aliphatic rings. The molecule has 0 radical (unpaired) electrons. The van der Waals surface area contributed by atoms with Crippen LogP contribution in [0, 0.1) is 0 Å². The summed E-state index contributed by atoms with van der Waals surface area (Å²) in [6.45, 7) is 4.45. The van der Waals surface area contributed by atoms with Gasteiger partial charge in [0.2, 0.25) is 18.2 Å². The molecule has 11 heteroatoms. The maximum Gasteiger partial charge on any atom is 0.253 e. The molecule has 0 rings (SSSR count). The number of ether oxygens (including phenoxy) is 4. The van der Waals surface area contributed by atoms with Gasteiger partial charge in [0.25, 0.3) is 5.91 Å². The molecule has 0 heterocycles. The van der Waals surface area contributed by atoms with Gasteiger partial charge in [-0.15, -0.1) is 0 Å². The fourth-order valence-electron chi connectivity index (χ4n) is 1.81. The zero-order valence-electron chi connectivity index (χ0n) is 16.8. The second kappa shape index (κ2) is 19.0. The minimum atomic E-state index is -0.550. The summed E-state index contributed by atoms with van der Waals surface area (Å²) in [7, 11) is 0. The molecule has 0 saturated heterocycles. The maximum atomic E-state index is 11.7. The molecule has 0 aliphatic heterocycles. The van der Waals surface area contributed by atoms with E-state index in [1.807, 2.05) is 0 Å². The molecule has 0 atom stereocenters. The quantitative estimate of drug-likeness (QED) is 0.148. The van der Waals surface area contributed by atoms with Crippen molar-refractivity contribution in [2.45, 2.75) is 13.3 Å². The molecule has 0 unspecified atom stereocenters. The molecule has 11 nitrogen and oxygen atoms in total. The Morgan fingerprint density at radius 1 is 0.897 bits per heavy atom. The summed E-state index contributed by atoms with van der Waals surface area (Å²) in [5.41, 5.74) is 4.97. The lowest BCUT2D eigenvalue weighted by Crippen LogP contribution is -2.40. The molecule has 0 aromatic carbocycles. The number of amides is 4. The summed E-state index contributed by atoms with van der Waals surface area (Å²) in [4.78, 5) is 45.2. The lowest BCUT2D eigenvalue weighted by atomic mass is 10.4. The molecule has 0 aliphatic carbocycles. The van der Waals surface area contributed by atoms with Gasteiger partial charge in [-0.25, -0.2) is 0 Å². The van der Waals surface area contributed by atoms with E-state index in [4.69, 9.17) is 24.7 Å². The van der Waals surface area contributed by atoms with E-state index in [0.29, 0.717) is 46.1 Å². The third-order valence-electron chi connectivity index (χ3n) is 3.21. The van der Waals surface area contributed by atoms with Crippen molar-refractivity contribution in [3.8, 4) is 0 Å². The zero-order valence-corrected chi connectivity index (χ0v) is 16.8. The van der Waals surface area contributed by atoms with Gasteiger partial charge in [0, 0.05) is 13.0 Å². The number of imide groups is 1. The van der Waals surface area contributed by atoms with Crippen molar-refractivity contribution in [2.75, 3.05) is 65.9 Å². The highest BCUT2D eigenvalue weighted by atomic mass is 16.6. The van der Waals surface area contributed by atoms with Gasteiger partial charge in [0.1, 0.15) is 6.54 Å². The van der Waals surface area contributed by atoms with Gasteiger partial charge in [-0.3, -0.25) is 24.1 Å². The van der Waals surface area contributed by atoms with Crippen LogP contribution in [0.3, 0.4) is 0 Å². The number of nitrogens with two attached hydrogens (primary N) is 1. The molecule has 0 spiro atoms. The van der Waals surface area contributed by atoms with Gasteiger partial charge in [-0.05, 0) is 13.0 Å². The van der Waals surface area contributed by atoms with E-state index in [0.717, 1.165) is 4.90 Å². The normalized spacial score (nSPS) is 10.8. The first-order chi connectivity index (χ1) is 14.0. The van der Waals surface area contributed by atoms with Crippen LogP contribution in [0.2, 0.25) is 0 Å². The summed E-state index contributed by atoms with van der Waals surface area (Å²) in [5, 5.41) is 2.55. The third-order valence-corrected chi connectivity index (χ3v) is 3.21. The average Bonchev–Trinajstić information content (AvgIpc) is 2.68. The van der Waals surface area contributed by atoms with Crippen LogP contribution in [0.25, 0.3) is 0 Å². The van der Waals surface area contributed by atoms with E-state index >= 15 is 0 Å². The van der Waals surface area contributed by atoms with Gasteiger partial charge in [0.15, 0.2) is 0 Å².